The van der Waals surface area contributed by atoms with E-state index >= 15 is 0 Å². The first-order valence-electron chi connectivity index (χ1n) is 4.48. The summed E-state index contributed by atoms with van der Waals surface area (Å²) in [5, 5.41) is 7.79. The van der Waals surface area contributed by atoms with Crippen molar-refractivity contribution in [3.63, 3.8) is 0 Å². The lowest BCUT2D eigenvalue weighted by Crippen LogP contribution is -1.87. The van der Waals surface area contributed by atoms with Crippen LogP contribution in [-0.4, -0.2) is 14.6 Å². The molecule has 0 spiro atoms. The predicted octanol–water partition coefficient (Wildman–Crippen LogP) is 2.27. The van der Waals surface area contributed by atoms with E-state index in [9.17, 15) is 0 Å². The van der Waals surface area contributed by atoms with Gasteiger partial charge in [0, 0.05) is 17.1 Å². The molecule has 74 valence electrons. The molecule has 15 heavy (non-hydrogen) atoms. The molecule has 0 radical (unpaired) electrons. The maximum Gasteiger partial charge on any atom is 0.126 e. The van der Waals surface area contributed by atoms with Crippen molar-refractivity contribution in [3.05, 3.63) is 30.6 Å². The fourth-order valence-corrected chi connectivity index (χ4v) is 2.24. The zero-order valence-electron chi connectivity index (χ0n) is 7.77. The van der Waals surface area contributed by atoms with E-state index in [1.165, 1.54) is 11.5 Å². The van der Waals surface area contributed by atoms with Crippen molar-refractivity contribution in [1.82, 2.24) is 14.6 Å². The number of nitrogen functional groups attached to an aromatic ring is 1. The van der Waals surface area contributed by atoms with Crippen LogP contribution in [0.2, 0.25) is 0 Å². The molecule has 1 aromatic carbocycles. The molecule has 0 aliphatic heterocycles. The van der Waals surface area contributed by atoms with Crippen LogP contribution in [0.3, 0.4) is 0 Å². The normalized spacial score (nSPS) is 10.9. The molecule has 0 aliphatic rings. The highest BCUT2D eigenvalue weighted by molar-refractivity contribution is 7.13. The molecule has 5 heteroatoms. The number of nitrogens with one attached hydrogen (secondary N) is 1. The lowest BCUT2D eigenvalue weighted by Gasteiger charge is -1.98. The number of aromatic nitrogens is 3. The maximum atomic E-state index is 5.76. The highest BCUT2D eigenvalue weighted by Crippen LogP contribution is 2.28. The van der Waals surface area contributed by atoms with Crippen LogP contribution in [0.25, 0.3) is 21.2 Å². The molecule has 3 aromatic rings. The Morgan fingerprint density at radius 3 is 3.00 bits per heavy atom. The number of nitrogens with zero attached hydrogens (tertiary/aromatic N) is 2. The number of aromatic amines is 1. The van der Waals surface area contributed by atoms with Gasteiger partial charge in [0.2, 0.25) is 0 Å². The van der Waals surface area contributed by atoms with Crippen molar-refractivity contribution in [1.29, 1.82) is 0 Å². The number of nitrogens with two attached hydrogens (primary N) is 1. The summed E-state index contributed by atoms with van der Waals surface area (Å²) in [6.07, 6.45) is 3.60. The van der Waals surface area contributed by atoms with E-state index in [1.54, 1.807) is 6.20 Å². The van der Waals surface area contributed by atoms with Crippen LogP contribution in [-0.2, 0) is 0 Å². The number of fused-ring (bicyclic) bond motifs is 1. The molecule has 0 fully saturated rings. The van der Waals surface area contributed by atoms with Crippen molar-refractivity contribution in [2.24, 2.45) is 0 Å². The Hall–Kier alpha value is -1.88. The lowest BCUT2D eigenvalue weighted by atomic mass is 10.1. The summed E-state index contributed by atoms with van der Waals surface area (Å²) >= 11 is 1.48. The molecule has 0 amide bonds. The molecule has 0 bridgehead atoms. The summed E-state index contributed by atoms with van der Waals surface area (Å²) in [5.74, 6) is 0.596. The van der Waals surface area contributed by atoms with Crippen molar-refractivity contribution in [2.75, 3.05) is 5.73 Å². The van der Waals surface area contributed by atoms with Gasteiger partial charge in [-0.05, 0) is 23.2 Å². The van der Waals surface area contributed by atoms with Crippen LogP contribution in [0.4, 0.5) is 5.82 Å². The SMILES string of the molecule is Nc1[nH]ncc1-c1ccc2cnsc2c1. The Morgan fingerprint density at radius 1 is 1.27 bits per heavy atom. The molecule has 2 heterocycles. The highest BCUT2D eigenvalue weighted by Gasteiger charge is 2.05. The van der Waals surface area contributed by atoms with Gasteiger partial charge in [-0.3, -0.25) is 5.10 Å². The van der Waals surface area contributed by atoms with Gasteiger partial charge in [-0.25, -0.2) is 0 Å². The van der Waals surface area contributed by atoms with E-state index in [0.29, 0.717) is 5.82 Å². The molecule has 4 nitrogen and oxygen atoms in total. The van der Waals surface area contributed by atoms with E-state index in [4.69, 9.17) is 5.73 Å². The molecule has 3 rings (SSSR count). The van der Waals surface area contributed by atoms with E-state index in [-0.39, 0.29) is 0 Å². The minimum Gasteiger partial charge on any atom is -0.384 e. The third-order valence-electron chi connectivity index (χ3n) is 2.34. The summed E-state index contributed by atoms with van der Waals surface area (Å²) in [4.78, 5) is 0. The van der Waals surface area contributed by atoms with E-state index in [1.807, 2.05) is 18.3 Å². The number of hydrogen-bond donors (Lipinski definition) is 2. The van der Waals surface area contributed by atoms with Crippen molar-refractivity contribution < 1.29 is 0 Å². The van der Waals surface area contributed by atoms with Gasteiger partial charge >= 0.3 is 0 Å². The second kappa shape index (κ2) is 3.06. The fraction of sp³-hybridized carbons (Fsp3) is 0. The zero-order chi connectivity index (χ0) is 10.3. The minimum absolute atomic E-state index is 0.596. The first kappa shape index (κ1) is 8.43. The summed E-state index contributed by atoms with van der Waals surface area (Å²) in [6.45, 7) is 0. The molecule has 0 aliphatic carbocycles. The van der Waals surface area contributed by atoms with Crippen molar-refractivity contribution in [2.45, 2.75) is 0 Å². The quantitative estimate of drug-likeness (QED) is 0.655. The Balaban J connectivity index is 2.23. The van der Waals surface area contributed by atoms with Crippen LogP contribution in [0.1, 0.15) is 0 Å². The summed E-state index contributed by atoms with van der Waals surface area (Å²) in [7, 11) is 0. The maximum absolute atomic E-state index is 5.76. The van der Waals surface area contributed by atoms with Gasteiger partial charge in [0.05, 0.1) is 10.9 Å². The van der Waals surface area contributed by atoms with Gasteiger partial charge in [0.25, 0.3) is 0 Å². The zero-order valence-corrected chi connectivity index (χ0v) is 8.58. The molecule has 0 saturated heterocycles. The van der Waals surface area contributed by atoms with Gasteiger partial charge < -0.3 is 5.73 Å². The number of H-pyrrole nitrogens is 1. The minimum atomic E-state index is 0.596. The van der Waals surface area contributed by atoms with Crippen LogP contribution < -0.4 is 5.73 Å². The van der Waals surface area contributed by atoms with E-state index in [2.05, 4.69) is 20.6 Å². The van der Waals surface area contributed by atoms with Gasteiger partial charge in [-0.2, -0.15) is 9.47 Å². The Morgan fingerprint density at radius 2 is 2.20 bits per heavy atom. The van der Waals surface area contributed by atoms with Crippen molar-refractivity contribution >= 4 is 27.4 Å². The van der Waals surface area contributed by atoms with Gasteiger partial charge in [-0.15, -0.1) is 0 Å². The van der Waals surface area contributed by atoms with Gasteiger partial charge in [0.15, 0.2) is 0 Å². The average molecular weight is 216 g/mol. The molecule has 0 atom stereocenters. The third-order valence-corrected chi connectivity index (χ3v) is 3.10. The smallest absolute Gasteiger partial charge is 0.126 e. The topological polar surface area (TPSA) is 67.6 Å². The number of rotatable bonds is 1. The van der Waals surface area contributed by atoms with E-state index < -0.39 is 0 Å². The summed E-state index contributed by atoms with van der Waals surface area (Å²) in [6, 6.07) is 6.15. The lowest BCUT2D eigenvalue weighted by molar-refractivity contribution is 1.10. The fourth-order valence-electron chi connectivity index (χ4n) is 1.55. The number of hydrogen-bond acceptors (Lipinski definition) is 4. The second-order valence-corrected chi connectivity index (χ2v) is 4.11. The number of benzene rings is 1. The molecule has 3 N–H and O–H groups in total. The van der Waals surface area contributed by atoms with Gasteiger partial charge in [-0.1, -0.05) is 12.1 Å². The van der Waals surface area contributed by atoms with E-state index in [0.717, 1.165) is 21.2 Å². The first-order chi connectivity index (χ1) is 7.34. The third kappa shape index (κ3) is 1.28. The molecule has 0 unspecified atom stereocenters. The highest BCUT2D eigenvalue weighted by atomic mass is 32.1. The Bertz CT molecular complexity index is 610. The first-order valence-corrected chi connectivity index (χ1v) is 5.25. The Labute approximate surface area is 89.9 Å². The molecule has 2 aromatic heterocycles. The molecular formula is C10H8N4S. The average Bonchev–Trinajstić information content (AvgIpc) is 2.84. The molecule has 0 saturated carbocycles. The standard InChI is InChI=1S/C10H8N4S/c11-10-8(5-12-14-10)6-1-2-7-4-13-15-9(7)3-6/h1-5H,(H3,11,12,14). The predicted molar refractivity (Wildman–Crippen MR) is 61.6 cm³/mol. The largest absolute Gasteiger partial charge is 0.384 e. The van der Waals surface area contributed by atoms with Crippen LogP contribution >= 0.6 is 11.5 Å². The van der Waals surface area contributed by atoms with Crippen LogP contribution in [0.15, 0.2) is 30.6 Å². The number of anilines is 1. The van der Waals surface area contributed by atoms with Gasteiger partial charge in [0.1, 0.15) is 5.82 Å². The Kier molecular flexibility index (Phi) is 1.72. The summed E-state index contributed by atoms with van der Waals surface area (Å²) < 4.78 is 5.29. The summed E-state index contributed by atoms with van der Waals surface area (Å²) in [5.41, 5.74) is 7.76. The van der Waals surface area contributed by atoms with Crippen LogP contribution in [0.5, 0.6) is 0 Å². The monoisotopic (exact) mass is 216 g/mol. The molecular weight excluding hydrogens is 208 g/mol. The van der Waals surface area contributed by atoms with Crippen LogP contribution in [0, 0.1) is 0 Å². The van der Waals surface area contributed by atoms with Crippen molar-refractivity contribution in [3.8, 4) is 11.1 Å². The second-order valence-electron chi connectivity index (χ2n) is 3.28.